The lowest BCUT2D eigenvalue weighted by atomic mass is 10.1. The van der Waals surface area contributed by atoms with E-state index in [4.69, 9.17) is 9.47 Å². The Morgan fingerprint density at radius 1 is 1.04 bits per heavy atom. The molecule has 2 rings (SSSR count). The number of aliphatic hydroxyl groups excluding tert-OH is 1. The van der Waals surface area contributed by atoms with Crippen LogP contribution in [0, 0.1) is 5.82 Å². The minimum atomic E-state index is -0.637. The second kappa shape index (κ2) is 10.3. The Balaban J connectivity index is 2.07. The van der Waals surface area contributed by atoms with Crippen LogP contribution in [0.4, 0.5) is 4.39 Å². The molecule has 1 atom stereocenters. The summed E-state index contributed by atoms with van der Waals surface area (Å²) < 4.78 is 24.7. The van der Waals surface area contributed by atoms with Crippen molar-refractivity contribution in [3.63, 3.8) is 0 Å². The van der Waals surface area contributed by atoms with Crippen LogP contribution in [0.2, 0.25) is 0 Å². The Morgan fingerprint density at radius 2 is 1.73 bits per heavy atom. The van der Waals surface area contributed by atoms with Gasteiger partial charge in [0.25, 0.3) is 0 Å². The first-order valence-electron chi connectivity index (χ1n) is 8.86. The second-order valence-electron chi connectivity index (χ2n) is 6.65. The van der Waals surface area contributed by atoms with Gasteiger partial charge in [0, 0.05) is 25.2 Å². The molecule has 0 saturated heterocycles. The van der Waals surface area contributed by atoms with Gasteiger partial charge in [0.05, 0.1) is 25.9 Å². The van der Waals surface area contributed by atoms with E-state index in [0.717, 1.165) is 11.3 Å². The first kappa shape index (κ1) is 20.4. The molecule has 0 aliphatic rings. The van der Waals surface area contributed by atoms with Crippen molar-refractivity contribution < 1.29 is 19.0 Å². The van der Waals surface area contributed by atoms with E-state index in [2.05, 4.69) is 0 Å². The molecule has 0 spiro atoms. The Morgan fingerprint density at radius 3 is 2.35 bits per heavy atom. The standard InChI is InChI=1S/C21H28FNO3/c1-16(2)26-15-19(24)14-23(13-18-6-4-5-7-21(18)22)12-17-8-10-20(25-3)11-9-17/h4-11,16,19,24H,12-15H2,1-3H3/t19-/m0/s1. The zero-order chi connectivity index (χ0) is 18.9. The van der Waals surface area contributed by atoms with Crippen LogP contribution in [0.15, 0.2) is 48.5 Å². The monoisotopic (exact) mass is 361 g/mol. The fraction of sp³-hybridized carbons (Fsp3) is 0.429. The van der Waals surface area contributed by atoms with Crippen LogP contribution in [0.5, 0.6) is 5.75 Å². The molecule has 0 unspecified atom stereocenters. The molecule has 0 fully saturated rings. The number of benzene rings is 2. The van der Waals surface area contributed by atoms with Crippen LogP contribution < -0.4 is 4.74 Å². The van der Waals surface area contributed by atoms with Gasteiger partial charge in [-0.3, -0.25) is 4.90 Å². The Bertz CT molecular complexity index is 661. The number of nitrogens with zero attached hydrogens (tertiary/aromatic N) is 1. The summed E-state index contributed by atoms with van der Waals surface area (Å²) in [5, 5.41) is 10.3. The van der Waals surface area contributed by atoms with E-state index >= 15 is 0 Å². The molecule has 0 bridgehead atoms. The van der Waals surface area contributed by atoms with Gasteiger partial charge in [-0.15, -0.1) is 0 Å². The summed E-state index contributed by atoms with van der Waals surface area (Å²) in [4.78, 5) is 2.02. The number of rotatable bonds is 10. The average Bonchev–Trinajstić information content (AvgIpc) is 2.62. The summed E-state index contributed by atoms with van der Waals surface area (Å²) in [6.45, 7) is 5.53. The van der Waals surface area contributed by atoms with Crippen molar-refractivity contribution in [1.29, 1.82) is 0 Å². The molecule has 2 aromatic rings. The topological polar surface area (TPSA) is 41.9 Å². The van der Waals surface area contributed by atoms with Gasteiger partial charge < -0.3 is 14.6 Å². The highest BCUT2D eigenvalue weighted by Crippen LogP contribution is 2.16. The third kappa shape index (κ3) is 6.75. The van der Waals surface area contributed by atoms with Gasteiger partial charge in [-0.25, -0.2) is 4.39 Å². The lowest BCUT2D eigenvalue weighted by molar-refractivity contribution is -0.0107. The molecule has 0 aliphatic heterocycles. The van der Waals surface area contributed by atoms with Crippen LogP contribution >= 0.6 is 0 Å². The van der Waals surface area contributed by atoms with E-state index in [1.165, 1.54) is 6.07 Å². The fourth-order valence-corrected chi connectivity index (χ4v) is 2.70. The number of halogens is 1. The van der Waals surface area contributed by atoms with Crippen molar-refractivity contribution in [2.45, 2.75) is 39.1 Å². The minimum Gasteiger partial charge on any atom is -0.497 e. The third-order valence-corrected chi connectivity index (χ3v) is 4.01. The van der Waals surface area contributed by atoms with Gasteiger partial charge >= 0.3 is 0 Å². The highest BCUT2D eigenvalue weighted by atomic mass is 19.1. The van der Waals surface area contributed by atoms with E-state index in [1.807, 2.05) is 49.1 Å². The number of aliphatic hydroxyl groups is 1. The summed E-state index contributed by atoms with van der Waals surface area (Å²) in [7, 11) is 1.63. The molecular formula is C21H28FNO3. The number of hydrogen-bond donors (Lipinski definition) is 1. The van der Waals surface area contributed by atoms with E-state index in [1.54, 1.807) is 19.2 Å². The Hall–Kier alpha value is -1.95. The van der Waals surface area contributed by atoms with Gasteiger partial charge in [0.15, 0.2) is 0 Å². The Labute approximate surface area is 155 Å². The number of hydrogen-bond acceptors (Lipinski definition) is 4. The van der Waals surface area contributed by atoms with Crippen LogP contribution in [0.25, 0.3) is 0 Å². The van der Waals surface area contributed by atoms with E-state index in [-0.39, 0.29) is 18.5 Å². The van der Waals surface area contributed by atoms with Gasteiger partial charge in [-0.1, -0.05) is 30.3 Å². The molecule has 0 amide bonds. The van der Waals surface area contributed by atoms with Gasteiger partial charge in [0.2, 0.25) is 0 Å². The maximum Gasteiger partial charge on any atom is 0.127 e. The summed E-state index contributed by atoms with van der Waals surface area (Å²) in [5.74, 6) is 0.555. The molecule has 0 aliphatic carbocycles. The highest BCUT2D eigenvalue weighted by molar-refractivity contribution is 5.27. The largest absolute Gasteiger partial charge is 0.497 e. The van der Waals surface area contributed by atoms with Crippen molar-refractivity contribution in [2.75, 3.05) is 20.3 Å². The highest BCUT2D eigenvalue weighted by Gasteiger charge is 2.15. The molecule has 2 aromatic carbocycles. The molecule has 0 radical (unpaired) electrons. The van der Waals surface area contributed by atoms with Crippen LogP contribution in [-0.4, -0.2) is 42.5 Å². The normalized spacial score (nSPS) is 12.6. The Kier molecular flexibility index (Phi) is 8.04. The van der Waals surface area contributed by atoms with Crippen molar-refractivity contribution in [3.8, 4) is 5.75 Å². The van der Waals surface area contributed by atoms with Gasteiger partial charge in [0.1, 0.15) is 11.6 Å². The summed E-state index contributed by atoms with van der Waals surface area (Å²) >= 11 is 0. The van der Waals surface area contributed by atoms with Crippen molar-refractivity contribution >= 4 is 0 Å². The molecule has 0 saturated carbocycles. The minimum absolute atomic E-state index is 0.0613. The molecule has 0 heterocycles. The summed E-state index contributed by atoms with van der Waals surface area (Å²) in [5.41, 5.74) is 1.68. The van der Waals surface area contributed by atoms with E-state index in [0.29, 0.717) is 25.2 Å². The molecule has 26 heavy (non-hydrogen) atoms. The van der Waals surface area contributed by atoms with Crippen molar-refractivity contribution in [3.05, 3.63) is 65.5 Å². The van der Waals surface area contributed by atoms with Crippen LogP contribution in [-0.2, 0) is 17.8 Å². The average molecular weight is 361 g/mol. The van der Waals surface area contributed by atoms with Crippen LogP contribution in [0.1, 0.15) is 25.0 Å². The molecule has 5 heteroatoms. The predicted octanol–water partition coefficient (Wildman–Crippen LogP) is 3.62. The quantitative estimate of drug-likeness (QED) is 0.702. The third-order valence-electron chi connectivity index (χ3n) is 4.01. The zero-order valence-corrected chi connectivity index (χ0v) is 15.7. The van der Waals surface area contributed by atoms with Crippen LogP contribution in [0.3, 0.4) is 0 Å². The smallest absolute Gasteiger partial charge is 0.127 e. The molecule has 142 valence electrons. The second-order valence-corrected chi connectivity index (χ2v) is 6.65. The van der Waals surface area contributed by atoms with Crippen molar-refractivity contribution in [1.82, 2.24) is 4.90 Å². The SMILES string of the molecule is COc1ccc(CN(Cc2ccccc2F)C[C@H](O)COC(C)C)cc1. The maximum atomic E-state index is 14.0. The first-order chi connectivity index (χ1) is 12.5. The van der Waals surface area contributed by atoms with E-state index in [9.17, 15) is 9.50 Å². The number of methoxy groups -OCH3 is 1. The zero-order valence-electron chi connectivity index (χ0n) is 15.7. The molecule has 0 aromatic heterocycles. The lowest BCUT2D eigenvalue weighted by Crippen LogP contribution is -2.35. The molecule has 1 N–H and O–H groups in total. The fourth-order valence-electron chi connectivity index (χ4n) is 2.70. The van der Waals surface area contributed by atoms with Gasteiger partial charge in [-0.2, -0.15) is 0 Å². The van der Waals surface area contributed by atoms with Crippen molar-refractivity contribution in [2.24, 2.45) is 0 Å². The molecule has 4 nitrogen and oxygen atoms in total. The first-order valence-corrected chi connectivity index (χ1v) is 8.86. The maximum absolute atomic E-state index is 14.0. The summed E-state index contributed by atoms with van der Waals surface area (Å²) in [6, 6.07) is 14.5. The summed E-state index contributed by atoms with van der Waals surface area (Å²) in [6.07, 6.45) is -0.575. The predicted molar refractivity (Wildman–Crippen MR) is 101 cm³/mol. The van der Waals surface area contributed by atoms with Gasteiger partial charge in [-0.05, 0) is 37.6 Å². The molecular weight excluding hydrogens is 333 g/mol. The lowest BCUT2D eigenvalue weighted by Gasteiger charge is -2.26. The number of ether oxygens (including phenoxy) is 2. The van der Waals surface area contributed by atoms with E-state index < -0.39 is 6.10 Å².